The van der Waals surface area contributed by atoms with Gasteiger partial charge < -0.3 is 0 Å². The van der Waals surface area contributed by atoms with Crippen LogP contribution in [-0.2, 0) is 4.79 Å². The van der Waals surface area contributed by atoms with Gasteiger partial charge in [0.05, 0.1) is 6.54 Å². The summed E-state index contributed by atoms with van der Waals surface area (Å²) in [6.45, 7) is 0.492. The SMILES string of the molecule is NN1CC=CC=CC1=O. The van der Waals surface area contributed by atoms with Crippen LogP contribution in [-0.4, -0.2) is 17.5 Å². The van der Waals surface area contributed by atoms with Gasteiger partial charge in [0.25, 0.3) is 5.91 Å². The van der Waals surface area contributed by atoms with Crippen molar-refractivity contribution in [2.24, 2.45) is 5.84 Å². The first kappa shape index (κ1) is 6.04. The molecule has 0 atom stereocenters. The van der Waals surface area contributed by atoms with Crippen LogP contribution in [0.1, 0.15) is 0 Å². The quantitative estimate of drug-likeness (QED) is 0.359. The van der Waals surface area contributed by atoms with Crippen LogP contribution in [0.3, 0.4) is 0 Å². The standard InChI is InChI=1S/C6H8N2O/c7-8-5-3-1-2-4-6(8)9/h1-4H,5,7H2. The molecule has 2 N–H and O–H groups in total. The third-order valence-corrected chi connectivity index (χ3v) is 1.07. The average Bonchev–Trinajstić information content (AvgIpc) is 1.99. The van der Waals surface area contributed by atoms with Crippen LogP contribution in [0, 0.1) is 0 Å². The van der Waals surface area contributed by atoms with Gasteiger partial charge in [0.15, 0.2) is 0 Å². The Hall–Kier alpha value is -1.09. The normalized spacial score (nSPS) is 18.3. The summed E-state index contributed by atoms with van der Waals surface area (Å²) in [5.74, 6) is 5.11. The number of carbonyl (C=O) groups excluding carboxylic acids is 1. The van der Waals surface area contributed by atoms with Gasteiger partial charge >= 0.3 is 0 Å². The Morgan fingerprint density at radius 3 is 3.11 bits per heavy atom. The van der Waals surface area contributed by atoms with E-state index in [1.54, 1.807) is 12.2 Å². The molecule has 0 spiro atoms. The number of hydrazine groups is 1. The van der Waals surface area contributed by atoms with E-state index in [0.717, 1.165) is 5.01 Å². The van der Waals surface area contributed by atoms with Gasteiger partial charge in [-0.2, -0.15) is 0 Å². The van der Waals surface area contributed by atoms with Crippen LogP contribution in [0.15, 0.2) is 24.3 Å². The van der Waals surface area contributed by atoms with Crippen molar-refractivity contribution in [3.63, 3.8) is 0 Å². The molecule has 48 valence electrons. The third-order valence-electron chi connectivity index (χ3n) is 1.07. The maximum absolute atomic E-state index is 10.7. The molecule has 3 nitrogen and oxygen atoms in total. The van der Waals surface area contributed by atoms with E-state index in [9.17, 15) is 4.79 Å². The molecule has 1 rings (SSSR count). The van der Waals surface area contributed by atoms with Crippen LogP contribution < -0.4 is 5.84 Å². The molecule has 0 saturated carbocycles. The van der Waals surface area contributed by atoms with E-state index in [2.05, 4.69) is 0 Å². The van der Waals surface area contributed by atoms with Crippen LogP contribution in [0.5, 0.6) is 0 Å². The molecular weight excluding hydrogens is 116 g/mol. The highest BCUT2D eigenvalue weighted by atomic mass is 16.2. The van der Waals surface area contributed by atoms with Gasteiger partial charge in [-0.25, -0.2) is 5.84 Å². The number of hydrogen-bond donors (Lipinski definition) is 1. The van der Waals surface area contributed by atoms with Crippen molar-refractivity contribution >= 4 is 5.91 Å². The largest absolute Gasteiger partial charge is 0.273 e. The van der Waals surface area contributed by atoms with Crippen molar-refractivity contribution in [2.75, 3.05) is 6.54 Å². The summed E-state index contributed by atoms with van der Waals surface area (Å²) in [4.78, 5) is 10.7. The van der Waals surface area contributed by atoms with Crippen LogP contribution >= 0.6 is 0 Å². The van der Waals surface area contributed by atoms with Crippen LogP contribution in [0.2, 0.25) is 0 Å². The molecule has 0 aromatic carbocycles. The molecule has 1 heterocycles. The average molecular weight is 124 g/mol. The minimum Gasteiger partial charge on any atom is -0.273 e. The van der Waals surface area contributed by atoms with Crippen molar-refractivity contribution < 1.29 is 4.79 Å². The van der Waals surface area contributed by atoms with E-state index in [1.807, 2.05) is 6.08 Å². The van der Waals surface area contributed by atoms with Crippen molar-refractivity contribution in [3.8, 4) is 0 Å². The fraction of sp³-hybridized carbons (Fsp3) is 0.167. The first-order valence-corrected chi connectivity index (χ1v) is 2.70. The zero-order valence-corrected chi connectivity index (χ0v) is 4.95. The van der Waals surface area contributed by atoms with Crippen LogP contribution in [0.4, 0.5) is 0 Å². The Bertz CT molecular complexity index is 172. The van der Waals surface area contributed by atoms with E-state index in [4.69, 9.17) is 5.84 Å². The lowest BCUT2D eigenvalue weighted by atomic mass is 10.5. The number of nitrogens with zero attached hydrogens (tertiary/aromatic N) is 1. The second-order valence-electron chi connectivity index (χ2n) is 1.78. The fourth-order valence-electron chi connectivity index (χ4n) is 0.577. The second kappa shape index (κ2) is 2.46. The lowest BCUT2D eigenvalue weighted by Gasteiger charge is -2.08. The van der Waals surface area contributed by atoms with E-state index >= 15 is 0 Å². The minimum absolute atomic E-state index is 0.153. The highest BCUT2D eigenvalue weighted by molar-refractivity contribution is 5.87. The van der Waals surface area contributed by atoms with E-state index < -0.39 is 0 Å². The number of amides is 1. The second-order valence-corrected chi connectivity index (χ2v) is 1.78. The molecular formula is C6H8N2O. The van der Waals surface area contributed by atoms with E-state index in [1.165, 1.54) is 6.08 Å². The zero-order chi connectivity index (χ0) is 6.69. The molecule has 0 aromatic rings. The lowest BCUT2D eigenvalue weighted by molar-refractivity contribution is -0.125. The maximum Gasteiger partial charge on any atom is 0.260 e. The summed E-state index contributed by atoms with van der Waals surface area (Å²) in [6, 6.07) is 0. The van der Waals surface area contributed by atoms with Gasteiger partial charge in [-0.05, 0) is 0 Å². The molecule has 9 heavy (non-hydrogen) atoms. The van der Waals surface area contributed by atoms with E-state index in [-0.39, 0.29) is 5.91 Å². The van der Waals surface area contributed by atoms with Crippen molar-refractivity contribution in [1.29, 1.82) is 0 Å². The monoisotopic (exact) mass is 124 g/mol. The molecule has 0 fully saturated rings. The maximum atomic E-state index is 10.7. The summed E-state index contributed by atoms with van der Waals surface area (Å²) >= 11 is 0. The smallest absolute Gasteiger partial charge is 0.260 e. The molecule has 3 heteroatoms. The van der Waals surface area contributed by atoms with Crippen LogP contribution in [0.25, 0.3) is 0 Å². The summed E-state index contributed by atoms with van der Waals surface area (Å²) in [7, 11) is 0. The van der Waals surface area contributed by atoms with Gasteiger partial charge in [0.1, 0.15) is 0 Å². The molecule has 1 aliphatic heterocycles. The van der Waals surface area contributed by atoms with Gasteiger partial charge in [0, 0.05) is 6.08 Å². The summed E-state index contributed by atoms with van der Waals surface area (Å²) in [5, 5.41) is 1.15. The zero-order valence-electron chi connectivity index (χ0n) is 4.95. The molecule has 0 radical (unpaired) electrons. The van der Waals surface area contributed by atoms with Gasteiger partial charge in [0.2, 0.25) is 0 Å². The molecule has 1 amide bonds. The van der Waals surface area contributed by atoms with Crippen molar-refractivity contribution in [1.82, 2.24) is 5.01 Å². The molecule has 0 aromatic heterocycles. The molecule has 0 saturated heterocycles. The Labute approximate surface area is 53.4 Å². The van der Waals surface area contributed by atoms with Crippen molar-refractivity contribution in [3.05, 3.63) is 24.3 Å². The van der Waals surface area contributed by atoms with Gasteiger partial charge in [-0.1, -0.05) is 18.2 Å². The topological polar surface area (TPSA) is 46.3 Å². The first-order chi connectivity index (χ1) is 4.30. The lowest BCUT2D eigenvalue weighted by Crippen LogP contribution is -2.35. The Kier molecular flexibility index (Phi) is 1.65. The number of nitrogens with two attached hydrogens (primary N) is 1. The van der Waals surface area contributed by atoms with Gasteiger partial charge in [-0.3, -0.25) is 9.80 Å². The first-order valence-electron chi connectivity index (χ1n) is 2.70. The number of allylic oxidation sites excluding steroid dienone is 2. The molecule has 0 aliphatic carbocycles. The van der Waals surface area contributed by atoms with E-state index in [0.29, 0.717) is 6.54 Å². The summed E-state index contributed by atoms with van der Waals surface area (Å²) in [6.07, 6.45) is 6.73. The molecule has 0 unspecified atom stereocenters. The number of carbonyl (C=O) groups is 1. The third kappa shape index (κ3) is 1.40. The molecule has 0 bridgehead atoms. The fourth-order valence-corrected chi connectivity index (χ4v) is 0.577. The van der Waals surface area contributed by atoms with Crippen molar-refractivity contribution in [2.45, 2.75) is 0 Å². The predicted octanol–water partition coefficient (Wildman–Crippen LogP) is -0.185. The number of hydrogen-bond acceptors (Lipinski definition) is 2. The summed E-state index contributed by atoms with van der Waals surface area (Å²) in [5.41, 5.74) is 0. The Balaban J connectivity index is 2.69. The highest BCUT2D eigenvalue weighted by Gasteiger charge is 2.02. The van der Waals surface area contributed by atoms with Gasteiger partial charge in [-0.15, -0.1) is 0 Å². The molecule has 1 aliphatic rings. The Morgan fingerprint density at radius 2 is 2.33 bits per heavy atom. The predicted molar refractivity (Wildman–Crippen MR) is 34.2 cm³/mol. The Morgan fingerprint density at radius 1 is 1.56 bits per heavy atom. The summed E-state index contributed by atoms with van der Waals surface area (Å²) < 4.78 is 0. The number of rotatable bonds is 0. The highest BCUT2D eigenvalue weighted by Crippen LogP contribution is 1.90. The minimum atomic E-state index is -0.153.